The summed E-state index contributed by atoms with van der Waals surface area (Å²) in [5.74, 6) is 1.68. The predicted molar refractivity (Wildman–Crippen MR) is 57.8 cm³/mol. The van der Waals surface area contributed by atoms with E-state index >= 15 is 0 Å². The lowest BCUT2D eigenvalue weighted by Gasteiger charge is -2.38. The van der Waals surface area contributed by atoms with Gasteiger partial charge in [0.1, 0.15) is 5.75 Å². The largest absolute Gasteiger partial charge is 0.497 e. The number of likely N-dealkylation sites (tertiary alicyclic amines) is 1. The zero-order valence-corrected chi connectivity index (χ0v) is 8.86. The highest BCUT2D eigenvalue weighted by molar-refractivity contribution is 5.32. The fraction of sp³-hybridized carbons (Fsp3) is 0.500. The van der Waals surface area contributed by atoms with Gasteiger partial charge in [0.15, 0.2) is 0 Å². The van der Waals surface area contributed by atoms with Crippen molar-refractivity contribution in [3.63, 3.8) is 0 Å². The average Bonchev–Trinajstić information content (AvgIpc) is 2.17. The van der Waals surface area contributed by atoms with E-state index < -0.39 is 0 Å². The monoisotopic (exact) mass is 191 g/mol. The third kappa shape index (κ3) is 1.75. The van der Waals surface area contributed by atoms with Gasteiger partial charge in [-0.2, -0.15) is 0 Å². The predicted octanol–water partition coefficient (Wildman–Crippen LogP) is 2.11. The van der Waals surface area contributed by atoms with E-state index in [2.05, 4.69) is 30.0 Å². The van der Waals surface area contributed by atoms with Crippen LogP contribution in [0, 0.1) is 0 Å². The van der Waals surface area contributed by atoms with Crippen molar-refractivity contribution in [2.75, 3.05) is 26.7 Å². The second-order valence-electron chi connectivity index (χ2n) is 3.83. The van der Waals surface area contributed by atoms with Crippen LogP contribution in [-0.4, -0.2) is 31.6 Å². The molecule has 0 unspecified atom stereocenters. The first-order chi connectivity index (χ1) is 6.83. The van der Waals surface area contributed by atoms with Crippen molar-refractivity contribution in [3.8, 4) is 5.75 Å². The van der Waals surface area contributed by atoms with E-state index in [0.29, 0.717) is 5.92 Å². The maximum Gasteiger partial charge on any atom is 0.119 e. The molecule has 1 heterocycles. The Hall–Kier alpha value is -1.02. The zero-order chi connectivity index (χ0) is 9.97. The number of rotatable bonds is 3. The molecule has 0 radical (unpaired) electrons. The molecule has 0 aliphatic carbocycles. The van der Waals surface area contributed by atoms with Crippen LogP contribution in [0.2, 0.25) is 0 Å². The molecule has 14 heavy (non-hydrogen) atoms. The van der Waals surface area contributed by atoms with Crippen LogP contribution in [0.5, 0.6) is 5.75 Å². The fourth-order valence-corrected chi connectivity index (χ4v) is 1.93. The van der Waals surface area contributed by atoms with Crippen LogP contribution in [0.4, 0.5) is 0 Å². The molecule has 0 saturated carbocycles. The number of hydrogen-bond acceptors (Lipinski definition) is 2. The first-order valence-corrected chi connectivity index (χ1v) is 5.19. The van der Waals surface area contributed by atoms with Crippen LogP contribution in [0.1, 0.15) is 18.4 Å². The molecule has 1 saturated heterocycles. The number of nitrogens with zero attached hydrogens (tertiary/aromatic N) is 1. The first-order valence-electron chi connectivity index (χ1n) is 5.19. The van der Waals surface area contributed by atoms with E-state index in [0.717, 1.165) is 5.75 Å². The highest BCUT2D eigenvalue weighted by Crippen LogP contribution is 2.28. The van der Waals surface area contributed by atoms with Gasteiger partial charge in [0.25, 0.3) is 0 Å². The van der Waals surface area contributed by atoms with Crippen LogP contribution in [0.3, 0.4) is 0 Å². The van der Waals surface area contributed by atoms with E-state index in [-0.39, 0.29) is 0 Å². The summed E-state index contributed by atoms with van der Waals surface area (Å²) in [4.78, 5) is 2.45. The molecule has 1 fully saturated rings. The molecule has 2 rings (SSSR count). The minimum absolute atomic E-state index is 0.713. The zero-order valence-electron chi connectivity index (χ0n) is 8.86. The molecule has 0 atom stereocenters. The summed E-state index contributed by atoms with van der Waals surface area (Å²) < 4.78 is 5.21. The Labute approximate surface area is 85.5 Å². The Balaban J connectivity index is 2.03. The van der Waals surface area contributed by atoms with Crippen LogP contribution in [0.25, 0.3) is 0 Å². The summed E-state index contributed by atoms with van der Waals surface area (Å²) in [6.45, 7) is 5.77. The highest BCUT2D eigenvalue weighted by atomic mass is 16.5. The van der Waals surface area contributed by atoms with Crippen LogP contribution in [-0.2, 0) is 0 Å². The lowest BCUT2D eigenvalue weighted by atomic mass is 9.91. The fourth-order valence-electron chi connectivity index (χ4n) is 1.93. The van der Waals surface area contributed by atoms with Crippen molar-refractivity contribution in [2.45, 2.75) is 12.8 Å². The van der Waals surface area contributed by atoms with Crippen LogP contribution < -0.4 is 4.74 Å². The molecule has 2 nitrogen and oxygen atoms in total. The summed E-state index contributed by atoms with van der Waals surface area (Å²) in [6, 6.07) is 8.42. The molecule has 2 heteroatoms. The lowest BCUT2D eigenvalue weighted by Crippen LogP contribution is -2.44. The van der Waals surface area contributed by atoms with Gasteiger partial charge in [-0.3, -0.25) is 0 Å². The van der Waals surface area contributed by atoms with Gasteiger partial charge >= 0.3 is 0 Å². The first kappa shape index (κ1) is 9.53. The summed E-state index contributed by atoms with van der Waals surface area (Å²) in [6.07, 6.45) is 0. The molecule has 1 aliphatic rings. The molecule has 1 aliphatic heterocycles. The minimum atomic E-state index is 0.713. The SMILES string of the molecule is CCN1CC(c2cccc(OC)c2)C1. The van der Waals surface area contributed by atoms with Gasteiger partial charge in [0.05, 0.1) is 7.11 Å². The van der Waals surface area contributed by atoms with Gasteiger partial charge in [0.2, 0.25) is 0 Å². The number of methoxy groups -OCH3 is 1. The quantitative estimate of drug-likeness (QED) is 0.725. The number of hydrogen-bond donors (Lipinski definition) is 0. The highest BCUT2D eigenvalue weighted by Gasteiger charge is 2.26. The lowest BCUT2D eigenvalue weighted by molar-refractivity contribution is 0.157. The summed E-state index contributed by atoms with van der Waals surface area (Å²) >= 11 is 0. The summed E-state index contributed by atoms with van der Waals surface area (Å²) in [5, 5.41) is 0. The topological polar surface area (TPSA) is 12.5 Å². The molecular formula is C12H17NO. The normalized spacial score (nSPS) is 17.9. The van der Waals surface area contributed by atoms with Crippen molar-refractivity contribution >= 4 is 0 Å². The van der Waals surface area contributed by atoms with Crippen molar-refractivity contribution in [1.29, 1.82) is 0 Å². The Bertz CT molecular complexity index is 305. The smallest absolute Gasteiger partial charge is 0.119 e. The Kier molecular flexibility index (Phi) is 2.73. The van der Waals surface area contributed by atoms with Crippen LogP contribution in [0.15, 0.2) is 24.3 Å². The number of benzene rings is 1. The van der Waals surface area contributed by atoms with Crippen molar-refractivity contribution in [2.24, 2.45) is 0 Å². The third-order valence-corrected chi connectivity index (χ3v) is 2.97. The van der Waals surface area contributed by atoms with E-state index in [1.165, 1.54) is 25.2 Å². The van der Waals surface area contributed by atoms with Gasteiger partial charge in [-0.15, -0.1) is 0 Å². The van der Waals surface area contributed by atoms with E-state index in [1.54, 1.807) is 7.11 Å². The standard InChI is InChI=1S/C12H17NO/c1-3-13-8-11(9-13)10-5-4-6-12(7-10)14-2/h4-7,11H,3,8-9H2,1-2H3. The van der Waals surface area contributed by atoms with Gasteiger partial charge in [-0.1, -0.05) is 19.1 Å². The summed E-state index contributed by atoms with van der Waals surface area (Å²) in [7, 11) is 1.72. The van der Waals surface area contributed by atoms with E-state index in [4.69, 9.17) is 4.74 Å². The third-order valence-electron chi connectivity index (χ3n) is 2.97. The molecule has 0 bridgehead atoms. The number of ether oxygens (including phenoxy) is 1. The van der Waals surface area contributed by atoms with Crippen molar-refractivity contribution in [3.05, 3.63) is 29.8 Å². The average molecular weight is 191 g/mol. The molecule has 76 valence electrons. The van der Waals surface area contributed by atoms with Crippen LogP contribution >= 0.6 is 0 Å². The molecule has 1 aromatic rings. The maximum atomic E-state index is 5.21. The Morgan fingerprint density at radius 3 is 2.86 bits per heavy atom. The Morgan fingerprint density at radius 2 is 2.21 bits per heavy atom. The molecule has 0 amide bonds. The maximum absolute atomic E-state index is 5.21. The van der Waals surface area contributed by atoms with Gasteiger partial charge < -0.3 is 9.64 Å². The molecule has 0 spiro atoms. The minimum Gasteiger partial charge on any atom is -0.497 e. The molecule has 0 N–H and O–H groups in total. The molecular weight excluding hydrogens is 174 g/mol. The van der Waals surface area contributed by atoms with Crippen molar-refractivity contribution < 1.29 is 4.74 Å². The van der Waals surface area contributed by atoms with Gasteiger partial charge in [0, 0.05) is 19.0 Å². The van der Waals surface area contributed by atoms with E-state index in [1.807, 2.05) is 6.07 Å². The summed E-state index contributed by atoms with van der Waals surface area (Å²) in [5.41, 5.74) is 1.41. The Morgan fingerprint density at radius 1 is 1.43 bits per heavy atom. The molecule has 1 aromatic carbocycles. The molecule has 0 aromatic heterocycles. The second kappa shape index (κ2) is 4.01. The second-order valence-corrected chi connectivity index (χ2v) is 3.83. The van der Waals surface area contributed by atoms with Gasteiger partial charge in [-0.25, -0.2) is 0 Å². The number of likely N-dealkylation sites (N-methyl/N-ethyl adjacent to an activating group) is 1. The van der Waals surface area contributed by atoms with E-state index in [9.17, 15) is 0 Å². The van der Waals surface area contributed by atoms with Crippen molar-refractivity contribution in [1.82, 2.24) is 4.90 Å². The van der Waals surface area contributed by atoms with Gasteiger partial charge in [-0.05, 0) is 24.2 Å².